The minimum absolute atomic E-state index is 0.130. The van der Waals surface area contributed by atoms with E-state index in [2.05, 4.69) is 24.1 Å². The molecule has 1 aliphatic rings. The van der Waals surface area contributed by atoms with Gasteiger partial charge in [-0.25, -0.2) is 4.39 Å². The smallest absolute Gasteiger partial charge is 0.251 e. The van der Waals surface area contributed by atoms with E-state index in [0.717, 1.165) is 26.3 Å². The Labute approximate surface area is 125 Å². The van der Waals surface area contributed by atoms with Gasteiger partial charge >= 0.3 is 0 Å². The second kappa shape index (κ2) is 6.54. The fourth-order valence-electron chi connectivity index (χ4n) is 2.47. The first-order chi connectivity index (χ1) is 9.90. The summed E-state index contributed by atoms with van der Waals surface area (Å²) in [7, 11) is 0. The minimum atomic E-state index is -0.291. The molecule has 0 aromatic heterocycles. The van der Waals surface area contributed by atoms with Crippen molar-refractivity contribution in [2.45, 2.75) is 26.3 Å². The number of aryl methyl sites for hydroxylation is 1. The molecule has 1 aromatic carbocycles. The van der Waals surface area contributed by atoms with Crippen LogP contribution in [-0.4, -0.2) is 49.2 Å². The molecule has 0 atom stereocenters. The van der Waals surface area contributed by atoms with Crippen molar-refractivity contribution in [3.63, 3.8) is 0 Å². The van der Waals surface area contributed by atoms with Crippen molar-refractivity contribution in [3.8, 4) is 0 Å². The van der Waals surface area contributed by atoms with E-state index in [0.29, 0.717) is 17.7 Å². The normalized spacial score (nSPS) is 16.8. The molecule has 1 aromatic rings. The van der Waals surface area contributed by atoms with Crippen molar-refractivity contribution in [2.24, 2.45) is 0 Å². The van der Waals surface area contributed by atoms with Crippen molar-refractivity contribution in [2.75, 3.05) is 32.8 Å². The van der Waals surface area contributed by atoms with E-state index in [1.807, 2.05) is 0 Å². The number of nitrogens with one attached hydrogen (secondary N) is 1. The summed E-state index contributed by atoms with van der Waals surface area (Å²) in [6, 6.07) is 4.42. The number of nitrogens with zero attached hydrogens (tertiary/aromatic N) is 1. The van der Waals surface area contributed by atoms with Crippen LogP contribution in [0.25, 0.3) is 0 Å². The van der Waals surface area contributed by atoms with Gasteiger partial charge < -0.3 is 10.1 Å². The molecule has 0 aliphatic carbocycles. The Balaban J connectivity index is 1.94. The second-order valence-corrected chi connectivity index (χ2v) is 6.06. The van der Waals surface area contributed by atoms with Crippen LogP contribution in [0.1, 0.15) is 29.8 Å². The van der Waals surface area contributed by atoms with Crippen molar-refractivity contribution >= 4 is 5.91 Å². The first-order valence-electron chi connectivity index (χ1n) is 7.27. The summed E-state index contributed by atoms with van der Waals surface area (Å²) in [6.45, 7) is 9.62. The predicted molar refractivity (Wildman–Crippen MR) is 79.9 cm³/mol. The van der Waals surface area contributed by atoms with Crippen molar-refractivity contribution in [1.82, 2.24) is 10.2 Å². The quantitative estimate of drug-likeness (QED) is 0.923. The molecule has 4 nitrogen and oxygen atoms in total. The van der Waals surface area contributed by atoms with Gasteiger partial charge in [0.1, 0.15) is 5.82 Å². The molecule has 0 bridgehead atoms. The average molecular weight is 294 g/mol. The topological polar surface area (TPSA) is 41.6 Å². The monoisotopic (exact) mass is 294 g/mol. The van der Waals surface area contributed by atoms with Crippen molar-refractivity contribution in [3.05, 3.63) is 35.1 Å². The molecule has 0 saturated carbocycles. The zero-order valence-electron chi connectivity index (χ0n) is 12.9. The van der Waals surface area contributed by atoms with Crippen LogP contribution in [-0.2, 0) is 4.74 Å². The SMILES string of the molecule is Cc1cc(C(=O)NCC(C)(C)N2CCOCC2)ccc1F. The number of halogens is 1. The number of carbonyl (C=O) groups is 1. The maximum Gasteiger partial charge on any atom is 0.251 e. The Morgan fingerprint density at radius 1 is 1.38 bits per heavy atom. The lowest BCUT2D eigenvalue weighted by Crippen LogP contribution is -2.55. The standard InChI is InChI=1S/C16H23FN2O2/c1-12-10-13(4-5-14(12)17)15(20)18-11-16(2,3)19-6-8-21-9-7-19/h4-5,10H,6-9,11H2,1-3H3,(H,18,20). The van der Waals surface area contributed by atoms with Crippen LogP contribution >= 0.6 is 0 Å². The molecule has 1 amide bonds. The molecule has 1 fully saturated rings. The Morgan fingerprint density at radius 3 is 2.67 bits per heavy atom. The average Bonchev–Trinajstić information content (AvgIpc) is 2.48. The van der Waals surface area contributed by atoms with Gasteiger partial charge in [-0.1, -0.05) is 0 Å². The molecule has 5 heteroatoms. The van der Waals surface area contributed by atoms with E-state index in [9.17, 15) is 9.18 Å². The van der Waals surface area contributed by atoms with E-state index in [1.165, 1.54) is 12.1 Å². The van der Waals surface area contributed by atoms with E-state index in [-0.39, 0.29) is 17.3 Å². The number of rotatable bonds is 4. The van der Waals surface area contributed by atoms with Gasteiger partial charge in [0.25, 0.3) is 5.91 Å². The molecule has 21 heavy (non-hydrogen) atoms. The summed E-state index contributed by atoms with van der Waals surface area (Å²) in [4.78, 5) is 14.5. The third-order valence-electron chi connectivity index (χ3n) is 3.97. The molecule has 0 radical (unpaired) electrons. The van der Waals surface area contributed by atoms with E-state index in [4.69, 9.17) is 4.74 Å². The van der Waals surface area contributed by atoms with Gasteiger partial charge in [-0.3, -0.25) is 9.69 Å². The van der Waals surface area contributed by atoms with Crippen LogP contribution in [0.2, 0.25) is 0 Å². The number of morpholine rings is 1. The largest absolute Gasteiger partial charge is 0.379 e. The molecular formula is C16H23FN2O2. The van der Waals surface area contributed by atoms with Crippen molar-refractivity contribution < 1.29 is 13.9 Å². The van der Waals surface area contributed by atoms with Gasteiger partial charge in [0.05, 0.1) is 13.2 Å². The molecular weight excluding hydrogens is 271 g/mol. The Morgan fingerprint density at radius 2 is 2.05 bits per heavy atom. The van der Waals surface area contributed by atoms with E-state index >= 15 is 0 Å². The third-order valence-corrected chi connectivity index (χ3v) is 3.97. The fraction of sp³-hybridized carbons (Fsp3) is 0.562. The summed E-state index contributed by atoms with van der Waals surface area (Å²) < 4.78 is 18.6. The van der Waals surface area contributed by atoms with Gasteiger partial charge in [0.15, 0.2) is 0 Å². The molecule has 2 rings (SSSR count). The first-order valence-corrected chi connectivity index (χ1v) is 7.27. The first kappa shape index (κ1) is 15.9. The van der Waals surface area contributed by atoms with E-state index < -0.39 is 0 Å². The number of amides is 1. The Kier molecular flexibility index (Phi) is 4.96. The minimum Gasteiger partial charge on any atom is -0.379 e. The zero-order chi connectivity index (χ0) is 15.5. The van der Waals surface area contributed by atoms with Crippen LogP contribution in [0, 0.1) is 12.7 Å². The van der Waals surface area contributed by atoms with Crippen LogP contribution in [0.5, 0.6) is 0 Å². The molecule has 1 heterocycles. The third kappa shape index (κ3) is 4.02. The van der Waals surface area contributed by atoms with E-state index in [1.54, 1.807) is 13.0 Å². The number of hydrogen-bond donors (Lipinski definition) is 1. The van der Waals surface area contributed by atoms with Crippen LogP contribution in [0.4, 0.5) is 4.39 Å². The van der Waals surface area contributed by atoms with Crippen LogP contribution in [0.15, 0.2) is 18.2 Å². The molecule has 1 N–H and O–H groups in total. The molecule has 1 aliphatic heterocycles. The number of hydrogen-bond acceptors (Lipinski definition) is 3. The Hall–Kier alpha value is -1.46. The highest BCUT2D eigenvalue weighted by Gasteiger charge is 2.28. The zero-order valence-corrected chi connectivity index (χ0v) is 12.9. The van der Waals surface area contributed by atoms with Crippen LogP contribution in [0.3, 0.4) is 0 Å². The molecule has 116 valence electrons. The van der Waals surface area contributed by atoms with Gasteiger partial charge in [0, 0.05) is 30.7 Å². The number of ether oxygens (including phenoxy) is 1. The maximum absolute atomic E-state index is 13.2. The lowest BCUT2D eigenvalue weighted by atomic mass is 10.0. The second-order valence-electron chi connectivity index (χ2n) is 6.06. The van der Waals surface area contributed by atoms with Gasteiger partial charge in [0.2, 0.25) is 0 Å². The maximum atomic E-state index is 13.2. The summed E-state index contributed by atoms with van der Waals surface area (Å²) in [5, 5.41) is 2.94. The molecule has 0 spiro atoms. The van der Waals surface area contributed by atoms with Gasteiger partial charge in [-0.15, -0.1) is 0 Å². The summed E-state index contributed by atoms with van der Waals surface area (Å²) in [5.74, 6) is -0.459. The number of carbonyl (C=O) groups excluding carboxylic acids is 1. The predicted octanol–water partition coefficient (Wildman–Crippen LogP) is 1.97. The highest BCUT2D eigenvalue weighted by atomic mass is 19.1. The highest BCUT2D eigenvalue weighted by Crippen LogP contribution is 2.15. The van der Waals surface area contributed by atoms with Crippen LogP contribution < -0.4 is 5.32 Å². The lowest BCUT2D eigenvalue weighted by Gasteiger charge is -2.40. The van der Waals surface area contributed by atoms with Gasteiger partial charge in [-0.2, -0.15) is 0 Å². The summed E-state index contributed by atoms with van der Waals surface area (Å²) in [5.41, 5.74) is 0.843. The summed E-state index contributed by atoms with van der Waals surface area (Å²) in [6.07, 6.45) is 0. The van der Waals surface area contributed by atoms with Crippen molar-refractivity contribution in [1.29, 1.82) is 0 Å². The molecule has 1 saturated heterocycles. The Bertz CT molecular complexity index is 511. The fourth-order valence-corrected chi connectivity index (χ4v) is 2.47. The highest BCUT2D eigenvalue weighted by molar-refractivity contribution is 5.94. The van der Waals surface area contributed by atoms with Gasteiger partial charge in [-0.05, 0) is 44.5 Å². The number of benzene rings is 1. The molecule has 0 unspecified atom stereocenters. The summed E-state index contributed by atoms with van der Waals surface area (Å²) >= 11 is 0. The lowest BCUT2D eigenvalue weighted by molar-refractivity contribution is -0.00923.